The van der Waals surface area contributed by atoms with Gasteiger partial charge in [0.15, 0.2) is 0 Å². The van der Waals surface area contributed by atoms with Crippen LogP contribution in [0, 0.1) is 35.0 Å². The molecule has 9 unspecified atom stereocenters. The minimum Gasteiger partial charge on any atom is -0.315 e. The van der Waals surface area contributed by atoms with Crippen LogP contribution in [0.5, 0.6) is 0 Å². The van der Waals surface area contributed by atoms with Gasteiger partial charge in [0.1, 0.15) is 5.84 Å². The fourth-order valence-corrected chi connectivity index (χ4v) is 14.0. The molecule has 0 bridgehead atoms. The summed E-state index contributed by atoms with van der Waals surface area (Å²) in [7, 11) is 0. The third kappa shape index (κ3) is 6.94. The first-order valence-electron chi connectivity index (χ1n) is 24.1. The van der Waals surface area contributed by atoms with Crippen molar-refractivity contribution in [1.29, 1.82) is 0 Å². The average molecular weight is 864 g/mol. The maximum atomic E-state index is 5.86. The van der Waals surface area contributed by atoms with E-state index in [0.717, 1.165) is 54.8 Å². The Morgan fingerprint density at radius 3 is 2.46 bits per heavy atom. The zero-order valence-corrected chi connectivity index (χ0v) is 38.4. The molecule has 1 aromatic heterocycles. The Hall–Kier alpha value is -5.97. The molecular formula is C61H57N3S. The molecule has 6 aliphatic carbocycles. The van der Waals surface area contributed by atoms with E-state index in [9.17, 15) is 0 Å². The third-order valence-corrected chi connectivity index (χ3v) is 17.3. The molecule has 8 aliphatic rings. The average Bonchev–Trinajstić information content (AvgIpc) is 3.91. The molecule has 65 heavy (non-hydrogen) atoms. The SMILES string of the molecule is C=C1C(c2ccccc2)=NC(C2CC(C3=CC(C4(C)C=CC=CC4)CCC3c3ccccc3)=CC=C2n2c3c(c4ccccc42)C=CC2C4=C(C=CCC4)SC32)=NC1C1C=CC=CC1C. The lowest BCUT2D eigenvalue weighted by atomic mass is 9.64. The van der Waals surface area contributed by atoms with Gasteiger partial charge in [0.25, 0.3) is 0 Å². The van der Waals surface area contributed by atoms with Crippen molar-refractivity contribution in [2.75, 3.05) is 0 Å². The number of nitrogens with zero attached hydrogens (tertiary/aromatic N) is 3. The smallest absolute Gasteiger partial charge is 0.134 e. The van der Waals surface area contributed by atoms with E-state index in [2.05, 4.69) is 206 Å². The number of aliphatic imine (C=N–C) groups is 2. The van der Waals surface area contributed by atoms with E-state index in [-0.39, 0.29) is 23.3 Å². The standard InChI is InChI=1S/C61H57N3S/c1-39-19-11-12-24-45(39)57-40(2)56(42-22-9-5-10-23-42)62-60(63-57)52-37-43(51-38-44(61(3)35-17-6-18-36-61)30-31-46(51)41-20-7-4-8-21-41)29-34-54(52)64-53-27-15-13-25-47(53)49-32-33-50-48-26-14-16-28-55(48)65-59(50)58(49)64/h4-13,15-25,27-29,32-35,38-39,44-46,50,52,57,59H,2,14,26,30-31,36-37H2,1,3H3. The molecule has 3 nitrogen and oxygen atoms in total. The maximum Gasteiger partial charge on any atom is 0.134 e. The maximum absolute atomic E-state index is 5.86. The molecule has 0 spiro atoms. The number of allylic oxidation sites excluding steroid dienone is 16. The van der Waals surface area contributed by atoms with Gasteiger partial charge in [-0.1, -0.05) is 184 Å². The van der Waals surface area contributed by atoms with Crippen LogP contribution in [0.1, 0.15) is 85.9 Å². The Labute approximate surface area is 389 Å². The van der Waals surface area contributed by atoms with E-state index in [0.29, 0.717) is 28.9 Å². The number of hydrogen-bond acceptors (Lipinski definition) is 3. The highest BCUT2D eigenvalue weighted by atomic mass is 32.2. The molecule has 0 saturated heterocycles. The Bertz CT molecular complexity index is 2990. The number of aromatic nitrogens is 1. The fourth-order valence-electron chi connectivity index (χ4n) is 12.4. The number of rotatable bonds is 7. The van der Waals surface area contributed by atoms with Crippen LogP contribution in [-0.2, 0) is 0 Å². The van der Waals surface area contributed by atoms with Crippen LogP contribution in [0.2, 0.25) is 0 Å². The van der Waals surface area contributed by atoms with Gasteiger partial charge in [-0.2, -0.15) is 0 Å². The molecule has 9 atom stereocenters. The molecule has 4 heteroatoms. The normalized spacial score (nSPS) is 31.2. The molecule has 322 valence electrons. The molecule has 0 fully saturated rings. The summed E-state index contributed by atoms with van der Waals surface area (Å²) >= 11 is 2.08. The monoisotopic (exact) mass is 863 g/mol. The van der Waals surface area contributed by atoms with Crippen molar-refractivity contribution < 1.29 is 0 Å². The summed E-state index contributed by atoms with van der Waals surface area (Å²) in [6, 6.07) is 31.0. The van der Waals surface area contributed by atoms with Gasteiger partial charge >= 0.3 is 0 Å². The highest BCUT2D eigenvalue weighted by Crippen LogP contribution is 2.60. The lowest BCUT2D eigenvalue weighted by Crippen LogP contribution is -2.36. The molecule has 0 amide bonds. The molecule has 0 N–H and O–H groups in total. The summed E-state index contributed by atoms with van der Waals surface area (Å²) in [6.07, 6.45) is 42.2. The largest absolute Gasteiger partial charge is 0.315 e. The molecule has 12 rings (SSSR count). The van der Waals surface area contributed by atoms with Crippen molar-refractivity contribution in [3.8, 4) is 0 Å². The minimum absolute atomic E-state index is 0.0837. The van der Waals surface area contributed by atoms with Crippen molar-refractivity contribution in [2.45, 2.75) is 69.6 Å². The van der Waals surface area contributed by atoms with Crippen LogP contribution in [-0.4, -0.2) is 22.2 Å². The Morgan fingerprint density at radius 1 is 0.815 bits per heavy atom. The van der Waals surface area contributed by atoms with Gasteiger partial charge in [0.2, 0.25) is 0 Å². The number of benzene rings is 3. The van der Waals surface area contributed by atoms with E-state index in [1.54, 1.807) is 5.57 Å². The summed E-state index contributed by atoms with van der Waals surface area (Å²) in [4.78, 5) is 13.1. The topological polar surface area (TPSA) is 29.6 Å². The van der Waals surface area contributed by atoms with E-state index < -0.39 is 0 Å². The van der Waals surface area contributed by atoms with E-state index in [1.165, 1.54) is 55.9 Å². The Balaban J connectivity index is 1.07. The first-order chi connectivity index (χ1) is 31.9. The van der Waals surface area contributed by atoms with Gasteiger partial charge in [-0.05, 0) is 95.8 Å². The summed E-state index contributed by atoms with van der Waals surface area (Å²) in [5.74, 6) is 2.45. The second-order valence-electron chi connectivity index (χ2n) is 19.7. The summed E-state index contributed by atoms with van der Waals surface area (Å²) < 4.78 is 2.68. The number of para-hydroxylation sites is 1. The first-order valence-corrected chi connectivity index (χ1v) is 25.0. The van der Waals surface area contributed by atoms with Gasteiger partial charge in [-0.25, -0.2) is 4.99 Å². The fraction of sp³-hybridized carbons (Fsp3) is 0.279. The molecule has 4 aromatic rings. The highest BCUT2D eigenvalue weighted by Gasteiger charge is 2.44. The predicted molar refractivity (Wildman–Crippen MR) is 276 cm³/mol. The quantitative estimate of drug-likeness (QED) is 0.182. The van der Waals surface area contributed by atoms with Crippen LogP contribution >= 0.6 is 11.8 Å². The number of hydrogen-bond donors (Lipinski definition) is 0. The van der Waals surface area contributed by atoms with Gasteiger partial charge in [-0.3, -0.25) is 4.99 Å². The van der Waals surface area contributed by atoms with Gasteiger partial charge in [-0.15, -0.1) is 11.8 Å². The van der Waals surface area contributed by atoms with Crippen LogP contribution in [0.25, 0.3) is 22.7 Å². The first kappa shape index (κ1) is 40.5. The second kappa shape index (κ2) is 16.5. The summed E-state index contributed by atoms with van der Waals surface area (Å²) in [5, 5.41) is 1.62. The lowest BCUT2D eigenvalue weighted by molar-refractivity contribution is 0.273. The summed E-state index contributed by atoms with van der Waals surface area (Å²) in [5.41, 5.74) is 14.4. The van der Waals surface area contributed by atoms with E-state index >= 15 is 0 Å². The number of fused-ring (bicyclic) bond motifs is 6. The Kier molecular flexibility index (Phi) is 10.3. The van der Waals surface area contributed by atoms with Crippen molar-refractivity contribution >= 4 is 46.0 Å². The third-order valence-electron chi connectivity index (χ3n) is 15.9. The molecule has 0 saturated carbocycles. The second-order valence-corrected chi connectivity index (χ2v) is 20.9. The van der Waals surface area contributed by atoms with Crippen LogP contribution < -0.4 is 0 Å². The van der Waals surface area contributed by atoms with Crippen LogP contribution in [0.15, 0.2) is 214 Å². The molecule has 0 radical (unpaired) electrons. The lowest BCUT2D eigenvalue weighted by Gasteiger charge is -2.41. The van der Waals surface area contributed by atoms with Gasteiger partial charge in [0.05, 0.1) is 28.4 Å². The Morgan fingerprint density at radius 2 is 1.63 bits per heavy atom. The van der Waals surface area contributed by atoms with Crippen LogP contribution in [0.3, 0.4) is 0 Å². The molecule has 3 heterocycles. The van der Waals surface area contributed by atoms with Crippen molar-refractivity contribution in [3.05, 3.63) is 226 Å². The van der Waals surface area contributed by atoms with E-state index in [1.807, 2.05) is 0 Å². The summed E-state index contributed by atoms with van der Waals surface area (Å²) in [6.45, 7) is 9.60. The van der Waals surface area contributed by atoms with Crippen molar-refractivity contribution in [1.82, 2.24) is 4.57 Å². The van der Waals surface area contributed by atoms with Crippen LogP contribution in [0.4, 0.5) is 0 Å². The number of thioether (sulfide) groups is 1. The van der Waals surface area contributed by atoms with Crippen molar-refractivity contribution in [3.63, 3.8) is 0 Å². The highest BCUT2D eigenvalue weighted by molar-refractivity contribution is 8.03. The molecule has 3 aromatic carbocycles. The minimum atomic E-state index is -0.137. The van der Waals surface area contributed by atoms with E-state index in [4.69, 9.17) is 16.6 Å². The van der Waals surface area contributed by atoms with Gasteiger partial charge in [0, 0.05) is 50.6 Å². The predicted octanol–water partition coefficient (Wildman–Crippen LogP) is 15.3. The zero-order valence-electron chi connectivity index (χ0n) is 37.6. The number of amidine groups is 1. The molecular weight excluding hydrogens is 807 g/mol. The molecule has 2 aliphatic heterocycles. The zero-order chi connectivity index (χ0) is 43.6. The van der Waals surface area contributed by atoms with Gasteiger partial charge < -0.3 is 4.57 Å². The van der Waals surface area contributed by atoms with Crippen molar-refractivity contribution in [2.24, 2.45) is 45.0 Å².